The van der Waals surface area contributed by atoms with Crippen LogP contribution in [0.5, 0.6) is 0 Å². The summed E-state index contributed by atoms with van der Waals surface area (Å²) in [4.78, 5) is 21.5. The summed E-state index contributed by atoms with van der Waals surface area (Å²) in [5, 5.41) is 2.77. The van der Waals surface area contributed by atoms with Crippen LogP contribution in [-0.2, 0) is 9.47 Å². The van der Waals surface area contributed by atoms with Crippen molar-refractivity contribution in [3.8, 4) is 0 Å². The van der Waals surface area contributed by atoms with Gasteiger partial charge in [-0.05, 0) is 0 Å². The molecule has 108 valence electrons. The molecule has 0 spiro atoms. The number of amides is 1. The van der Waals surface area contributed by atoms with E-state index >= 15 is 0 Å². The minimum Gasteiger partial charge on any atom is -0.396 e. The van der Waals surface area contributed by atoms with Crippen LogP contribution < -0.4 is 11.1 Å². The molecule has 1 atom stereocenters. The number of nitrogens with two attached hydrogens (primary N) is 1. The lowest BCUT2D eigenvalue weighted by Crippen LogP contribution is -2.35. The third kappa shape index (κ3) is 3.03. The van der Waals surface area contributed by atoms with Crippen LogP contribution in [0.3, 0.4) is 0 Å². The number of aromatic nitrogens is 2. The highest BCUT2D eigenvalue weighted by Gasteiger charge is 2.18. The second-order valence-corrected chi connectivity index (χ2v) is 5.08. The van der Waals surface area contributed by atoms with Crippen molar-refractivity contribution in [2.45, 2.75) is 6.10 Å². The molecule has 0 aliphatic carbocycles. The summed E-state index contributed by atoms with van der Waals surface area (Å²) in [7, 11) is 3.15. The molecule has 0 fully saturated rings. The summed E-state index contributed by atoms with van der Waals surface area (Å²) in [6.07, 6.45) is 2.92. The molecule has 0 radical (unpaired) electrons. The molecule has 0 bridgehead atoms. The number of fused-ring (bicyclic) bond motifs is 1. The van der Waals surface area contributed by atoms with Gasteiger partial charge in [-0.1, -0.05) is 0 Å². The van der Waals surface area contributed by atoms with Crippen LogP contribution in [0.15, 0.2) is 12.4 Å². The first-order valence-electron chi connectivity index (χ1n) is 5.96. The van der Waals surface area contributed by atoms with E-state index < -0.39 is 0 Å². The maximum atomic E-state index is 12.1. The van der Waals surface area contributed by atoms with Gasteiger partial charge < -0.3 is 20.5 Å². The first-order chi connectivity index (χ1) is 9.67. The average Bonchev–Trinajstić information content (AvgIpc) is 2.81. The van der Waals surface area contributed by atoms with E-state index in [2.05, 4.69) is 15.3 Å². The largest absolute Gasteiger partial charge is 0.396 e. The Bertz CT molecular complexity index is 601. The first kappa shape index (κ1) is 14.6. The average molecular weight is 296 g/mol. The molecule has 0 aromatic carbocycles. The van der Waals surface area contributed by atoms with Gasteiger partial charge in [0.05, 0.1) is 18.4 Å². The molecule has 2 aromatic rings. The zero-order valence-corrected chi connectivity index (χ0v) is 12.1. The summed E-state index contributed by atoms with van der Waals surface area (Å²) in [5.41, 5.74) is 6.84. The Hall–Kier alpha value is -1.77. The number of rotatable bonds is 6. The highest BCUT2D eigenvalue weighted by molar-refractivity contribution is 7.21. The van der Waals surface area contributed by atoms with E-state index in [0.717, 1.165) is 0 Å². The number of thiophene rings is 1. The van der Waals surface area contributed by atoms with Crippen molar-refractivity contribution in [2.75, 3.05) is 33.1 Å². The third-order valence-electron chi connectivity index (χ3n) is 2.75. The zero-order valence-electron chi connectivity index (χ0n) is 11.3. The van der Waals surface area contributed by atoms with Crippen LogP contribution in [0, 0.1) is 0 Å². The fourth-order valence-electron chi connectivity index (χ4n) is 1.70. The SMILES string of the molecule is COCC(CNC(=O)c1sc2nccnc2c1N)OC. The number of hydrogen-bond acceptors (Lipinski definition) is 7. The molecule has 7 nitrogen and oxygen atoms in total. The minimum absolute atomic E-state index is 0.198. The Balaban J connectivity index is 2.09. The van der Waals surface area contributed by atoms with E-state index in [4.69, 9.17) is 15.2 Å². The molecule has 20 heavy (non-hydrogen) atoms. The Morgan fingerprint density at radius 1 is 1.45 bits per heavy atom. The number of ether oxygens (including phenoxy) is 2. The zero-order chi connectivity index (χ0) is 14.5. The molecule has 1 amide bonds. The van der Waals surface area contributed by atoms with Gasteiger partial charge in [0.25, 0.3) is 5.91 Å². The summed E-state index contributed by atoms with van der Waals surface area (Å²) >= 11 is 1.22. The molecule has 0 saturated heterocycles. The van der Waals surface area contributed by atoms with Crippen molar-refractivity contribution in [3.05, 3.63) is 17.3 Å². The molecule has 0 aliphatic rings. The second kappa shape index (κ2) is 6.60. The van der Waals surface area contributed by atoms with Crippen LogP contribution in [-0.4, -0.2) is 49.4 Å². The van der Waals surface area contributed by atoms with Crippen molar-refractivity contribution in [2.24, 2.45) is 0 Å². The number of carbonyl (C=O) groups excluding carboxylic acids is 1. The van der Waals surface area contributed by atoms with Crippen molar-refractivity contribution in [1.82, 2.24) is 15.3 Å². The van der Waals surface area contributed by atoms with Gasteiger partial charge in [0.1, 0.15) is 15.2 Å². The van der Waals surface area contributed by atoms with Gasteiger partial charge in [-0.3, -0.25) is 4.79 Å². The topological polar surface area (TPSA) is 99.4 Å². The number of methoxy groups -OCH3 is 2. The molecular formula is C12H16N4O3S. The van der Waals surface area contributed by atoms with E-state index in [1.165, 1.54) is 11.3 Å². The van der Waals surface area contributed by atoms with E-state index in [1.807, 2.05) is 0 Å². The monoisotopic (exact) mass is 296 g/mol. The fraction of sp³-hybridized carbons (Fsp3) is 0.417. The molecule has 1 unspecified atom stereocenters. The minimum atomic E-state index is -0.259. The van der Waals surface area contributed by atoms with Crippen molar-refractivity contribution >= 4 is 33.3 Å². The summed E-state index contributed by atoms with van der Waals surface area (Å²) in [5.74, 6) is -0.259. The van der Waals surface area contributed by atoms with E-state index in [9.17, 15) is 4.79 Å². The van der Waals surface area contributed by atoms with Gasteiger partial charge in [0, 0.05) is 33.2 Å². The standard InChI is InChI=1S/C12H16N4O3S/c1-18-6-7(19-2)5-16-11(17)10-8(13)9-12(20-10)15-4-3-14-9/h3-4,7H,5-6,13H2,1-2H3,(H,16,17). The molecule has 0 saturated carbocycles. The first-order valence-corrected chi connectivity index (χ1v) is 6.78. The molecule has 2 rings (SSSR count). The van der Waals surface area contributed by atoms with Crippen molar-refractivity contribution < 1.29 is 14.3 Å². The Morgan fingerprint density at radius 2 is 2.20 bits per heavy atom. The smallest absolute Gasteiger partial charge is 0.263 e. The highest BCUT2D eigenvalue weighted by atomic mass is 32.1. The van der Waals surface area contributed by atoms with Crippen molar-refractivity contribution in [1.29, 1.82) is 0 Å². The predicted molar refractivity (Wildman–Crippen MR) is 76.8 cm³/mol. The normalized spacial score (nSPS) is 12.5. The van der Waals surface area contributed by atoms with Crippen LogP contribution in [0.25, 0.3) is 10.3 Å². The number of nitrogen functional groups attached to an aromatic ring is 1. The van der Waals surface area contributed by atoms with Gasteiger partial charge >= 0.3 is 0 Å². The fourth-order valence-corrected chi connectivity index (χ4v) is 2.63. The van der Waals surface area contributed by atoms with Gasteiger partial charge in [0.2, 0.25) is 0 Å². The lowest BCUT2D eigenvalue weighted by Gasteiger charge is -2.14. The van der Waals surface area contributed by atoms with Gasteiger partial charge in [0.15, 0.2) is 0 Å². The Labute approximate surface area is 120 Å². The molecular weight excluding hydrogens is 280 g/mol. The molecule has 3 N–H and O–H groups in total. The van der Waals surface area contributed by atoms with Gasteiger partial charge in [-0.2, -0.15) is 0 Å². The van der Waals surface area contributed by atoms with E-state index in [-0.39, 0.29) is 12.0 Å². The lowest BCUT2D eigenvalue weighted by atomic mass is 10.3. The third-order valence-corrected chi connectivity index (χ3v) is 3.85. The van der Waals surface area contributed by atoms with Gasteiger partial charge in [-0.15, -0.1) is 11.3 Å². The predicted octanol–water partition coefficient (Wildman–Crippen LogP) is 0.665. The number of nitrogens with zero attached hydrogens (tertiary/aromatic N) is 2. The Morgan fingerprint density at radius 3 is 2.85 bits per heavy atom. The van der Waals surface area contributed by atoms with Crippen LogP contribution in [0.1, 0.15) is 9.67 Å². The summed E-state index contributed by atoms with van der Waals surface area (Å²) in [6, 6.07) is 0. The maximum Gasteiger partial charge on any atom is 0.263 e. The highest BCUT2D eigenvalue weighted by Crippen LogP contribution is 2.30. The number of carbonyl (C=O) groups is 1. The summed E-state index contributed by atoms with van der Waals surface area (Å²) in [6.45, 7) is 0.750. The van der Waals surface area contributed by atoms with E-state index in [0.29, 0.717) is 34.1 Å². The molecule has 0 aliphatic heterocycles. The number of anilines is 1. The Kier molecular flexibility index (Phi) is 4.83. The molecule has 2 heterocycles. The van der Waals surface area contributed by atoms with Gasteiger partial charge in [-0.25, -0.2) is 9.97 Å². The second-order valence-electron chi connectivity index (χ2n) is 4.08. The van der Waals surface area contributed by atoms with Crippen LogP contribution in [0.2, 0.25) is 0 Å². The maximum absolute atomic E-state index is 12.1. The quantitative estimate of drug-likeness (QED) is 0.812. The number of nitrogens with one attached hydrogen (secondary N) is 1. The lowest BCUT2D eigenvalue weighted by molar-refractivity contribution is 0.0286. The molecule has 8 heteroatoms. The van der Waals surface area contributed by atoms with Crippen molar-refractivity contribution in [3.63, 3.8) is 0 Å². The van der Waals surface area contributed by atoms with Crippen LogP contribution in [0.4, 0.5) is 5.69 Å². The van der Waals surface area contributed by atoms with Crippen LogP contribution >= 0.6 is 11.3 Å². The number of hydrogen-bond donors (Lipinski definition) is 2. The summed E-state index contributed by atoms with van der Waals surface area (Å²) < 4.78 is 10.2. The molecule has 2 aromatic heterocycles. The van der Waals surface area contributed by atoms with E-state index in [1.54, 1.807) is 26.6 Å².